The van der Waals surface area contributed by atoms with E-state index in [1.165, 1.54) is 0 Å². The molecule has 0 aliphatic carbocycles. The highest BCUT2D eigenvalue weighted by molar-refractivity contribution is 6.30. The van der Waals surface area contributed by atoms with Gasteiger partial charge in [-0.3, -0.25) is 4.79 Å². The van der Waals surface area contributed by atoms with Gasteiger partial charge in [-0.25, -0.2) is 0 Å². The SMILES string of the molecule is CNC(=O)[C@H]1Cc2cc(Cl)ccc2N1. The number of rotatable bonds is 1. The van der Waals surface area contributed by atoms with Crippen LogP contribution in [0.2, 0.25) is 5.02 Å². The number of likely N-dealkylation sites (N-methyl/N-ethyl adjacent to an activating group) is 1. The first-order chi connectivity index (χ1) is 6.70. The fourth-order valence-electron chi connectivity index (χ4n) is 1.66. The van der Waals surface area contributed by atoms with E-state index in [0.29, 0.717) is 11.4 Å². The summed E-state index contributed by atoms with van der Waals surface area (Å²) in [7, 11) is 1.64. The Bertz CT molecular complexity index is 378. The molecule has 14 heavy (non-hydrogen) atoms. The number of carbonyl (C=O) groups excluding carboxylic acids is 1. The van der Waals surface area contributed by atoms with E-state index >= 15 is 0 Å². The van der Waals surface area contributed by atoms with Crippen LogP contribution in [0.3, 0.4) is 0 Å². The Morgan fingerprint density at radius 3 is 3.14 bits per heavy atom. The van der Waals surface area contributed by atoms with Crippen LogP contribution in [0.1, 0.15) is 5.56 Å². The molecule has 0 fully saturated rings. The van der Waals surface area contributed by atoms with Crippen molar-refractivity contribution in [3.8, 4) is 0 Å². The molecule has 0 bridgehead atoms. The van der Waals surface area contributed by atoms with E-state index in [4.69, 9.17) is 11.6 Å². The third kappa shape index (κ3) is 1.55. The van der Waals surface area contributed by atoms with Crippen molar-refractivity contribution in [2.24, 2.45) is 0 Å². The van der Waals surface area contributed by atoms with E-state index in [-0.39, 0.29) is 11.9 Å². The molecule has 0 spiro atoms. The second-order valence-electron chi connectivity index (χ2n) is 3.32. The largest absolute Gasteiger partial charge is 0.373 e. The van der Waals surface area contributed by atoms with Crippen molar-refractivity contribution < 1.29 is 4.79 Å². The molecule has 0 saturated carbocycles. The number of fused-ring (bicyclic) bond motifs is 1. The molecule has 0 aromatic heterocycles. The topological polar surface area (TPSA) is 41.1 Å². The molecule has 1 aliphatic rings. The van der Waals surface area contributed by atoms with Crippen molar-refractivity contribution in [2.75, 3.05) is 12.4 Å². The molecular formula is C10H11ClN2O. The Labute approximate surface area is 87.4 Å². The number of halogens is 1. The van der Waals surface area contributed by atoms with Crippen molar-refractivity contribution in [3.63, 3.8) is 0 Å². The van der Waals surface area contributed by atoms with Gasteiger partial charge >= 0.3 is 0 Å². The van der Waals surface area contributed by atoms with Gasteiger partial charge in [0.25, 0.3) is 0 Å². The van der Waals surface area contributed by atoms with Gasteiger partial charge in [-0.1, -0.05) is 11.6 Å². The summed E-state index contributed by atoms with van der Waals surface area (Å²) in [5.74, 6) is 0.0114. The third-order valence-electron chi connectivity index (χ3n) is 2.38. The molecule has 4 heteroatoms. The molecule has 1 aromatic carbocycles. The molecule has 0 saturated heterocycles. The van der Waals surface area contributed by atoms with Gasteiger partial charge in [0, 0.05) is 24.2 Å². The van der Waals surface area contributed by atoms with Gasteiger partial charge < -0.3 is 10.6 Å². The van der Waals surface area contributed by atoms with Crippen molar-refractivity contribution in [1.29, 1.82) is 0 Å². The van der Waals surface area contributed by atoms with Crippen LogP contribution < -0.4 is 10.6 Å². The normalized spacial score (nSPS) is 18.6. The van der Waals surface area contributed by atoms with Crippen molar-refractivity contribution >= 4 is 23.2 Å². The summed E-state index contributed by atoms with van der Waals surface area (Å²) < 4.78 is 0. The first-order valence-corrected chi connectivity index (χ1v) is 4.85. The van der Waals surface area contributed by atoms with E-state index in [2.05, 4.69) is 10.6 Å². The summed E-state index contributed by atoms with van der Waals surface area (Å²) in [6.07, 6.45) is 0.704. The van der Waals surface area contributed by atoms with Gasteiger partial charge in [0.2, 0.25) is 5.91 Å². The molecule has 0 unspecified atom stereocenters. The standard InChI is InChI=1S/C10H11ClN2O/c1-12-10(14)9-5-6-4-7(11)2-3-8(6)13-9/h2-4,9,13H,5H2,1H3,(H,12,14)/t9-/m1/s1. The maximum atomic E-state index is 11.4. The summed E-state index contributed by atoms with van der Waals surface area (Å²) in [4.78, 5) is 11.4. The highest BCUT2D eigenvalue weighted by Gasteiger charge is 2.25. The molecule has 74 valence electrons. The molecule has 0 radical (unpaired) electrons. The Morgan fingerprint density at radius 2 is 2.43 bits per heavy atom. The Kier molecular flexibility index (Phi) is 2.33. The fraction of sp³-hybridized carbons (Fsp3) is 0.300. The maximum absolute atomic E-state index is 11.4. The Morgan fingerprint density at radius 1 is 1.64 bits per heavy atom. The quantitative estimate of drug-likeness (QED) is 0.736. The Hall–Kier alpha value is -1.22. The predicted molar refractivity (Wildman–Crippen MR) is 56.6 cm³/mol. The van der Waals surface area contributed by atoms with Crippen LogP contribution in [-0.2, 0) is 11.2 Å². The van der Waals surface area contributed by atoms with Crippen LogP contribution in [0.4, 0.5) is 5.69 Å². The molecule has 1 aliphatic heterocycles. The van der Waals surface area contributed by atoms with Crippen LogP contribution in [0.15, 0.2) is 18.2 Å². The highest BCUT2D eigenvalue weighted by Crippen LogP contribution is 2.28. The molecule has 1 atom stereocenters. The molecule has 1 amide bonds. The number of hydrogen-bond donors (Lipinski definition) is 2. The zero-order valence-corrected chi connectivity index (χ0v) is 8.56. The van der Waals surface area contributed by atoms with Gasteiger partial charge in [-0.05, 0) is 23.8 Å². The lowest BCUT2D eigenvalue weighted by Gasteiger charge is -2.08. The first-order valence-electron chi connectivity index (χ1n) is 4.47. The molecule has 2 rings (SSSR count). The van der Waals surface area contributed by atoms with E-state index in [9.17, 15) is 4.79 Å². The summed E-state index contributed by atoms with van der Waals surface area (Å²) in [6.45, 7) is 0. The number of nitrogens with one attached hydrogen (secondary N) is 2. The second kappa shape index (κ2) is 3.50. The van der Waals surface area contributed by atoms with Gasteiger partial charge in [0.15, 0.2) is 0 Å². The Balaban J connectivity index is 2.22. The lowest BCUT2D eigenvalue weighted by molar-refractivity contribution is -0.121. The van der Waals surface area contributed by atoms with Crippen LogP contribution in [0, 0.1) is 0 Å². The van der Waals surface area contributed by atoms with Gasteiger partial charge in [-0.15, -0.1) is 0 Å². The summed E-state index contributed by atoms with van der Waals surface area (Å²) in [5, 5.41) is 6.47. The van der Waals surface area contributed by atoms with Crippen molar-refractivity contribution in [3.05, 3.63) is 28.8 Å². The second-order valence-corrected chi connectivity index (χ2v) is 3.75. The number of carbonyl (C=O) groups is 1. The summed E-state index contributed by atoms with van der Waals surface area (Å²) >= 11 is 5.86. The number of hydrogen-bond acceptors (Lipinski definition) is 2. The minimum atomic E-state index is -0.159. The average molecular weight is 211 g/mol. The molecule has 3 nitrogen and oxygen atoms in total. The number of benzene rings is 1. The van der Waals surface area contributed by atoms with E-state index in [0.717, 1.165) is 11.3 Å². The van der Waals surface area contributed by atoms with Gasteiger partial charge in [0.05, 0.1) is 0 Å². The monoisotopic (exact) mass is 210 g/mol. The molecule has 2 N–H and O–H groups in total. The highest BCUT2D eigenvalue weighted by atomic mass is 35.5. The predicted octanol–water partition coefficient (Wildman–Crippen LogP) is 1.42. The lowest BCUT2D eigenvalue weighted by Crippen LogP contribution is -2.36. The van der Waals surface area contributed by atoms with Gasteiger partial charge in [-0.2, -0.15) is 0 Å². The third-order valence-corrected chi connectivity index (χ3v) is 2.62. The molecular weight excluding hydrogens is 200 g/mol. The van der Waals surface area contributed by atoms with Crippen LogP contribution in [0.5, 0.6) is 0 Å². The van der Waals surface area contributed by atoms with Gasteiger partial charge in [0.1, 0.15) is 6.04 Å². The van der Waals surface area contributed by atoms with Crippen LogP contribution in [0.25, 0.3) is 0 Å². The smallest absolute Gasteiger partial charge is 0.242 e. The first kappa shape index (κ1) is 9.34. The fourth-order valence-corrected chi connectivity index (χ4v) is 1.86. The van der Waals surface area contributed by atoms with E-state index < -0.39 is 0 Å². The summed E-state index contributed by atoms with van der Waals surface area (Å²) in [5.41, 5.74) is 2.11. The molecule has 1 aromatic rings. The van der Waals surface area contributed by atoms with Crippen LogP contribution in [-0.4, -0.2) is 19.0 Å². The minimum Gasteiger partial charge on any atom is -0.373 e. The molecule has 1 heterocycles. The minimum absolute atomic E-state index is 0.0114. The van der Waals surface area contributed by atoms with Crippen molar-refractivity contribution in [2.45, 2.75) is 12.5 Å². The van der Waals surface area contributed by atoms with E-state index in [1.807, 2.05) is 18.2 Å². The summed E-state index contributed by atoms with van der Waals surface area (Å²) in [6, 6.07) is 5.46. The maximum Gasteiger partial charge on any atom is 0.242 e. The zero-order valence-electron chi connectivity index (χ0n) is 7.80. The lowest BCUT2D eigenvalue weighted by atomic mass is 10.1. The van der Waals surface area contributed by atoms with Crippen molar-refractivity contribution in [1.82, 2.24) is 5.32 Å². The average Bonchev–Trinajstić information content (AvgIpc) is 2.59. The zero-order chi connectivity index (χ0) is 10.1. The van der Waals surface area contributed by atoms with E-state index in [1.54, 1.807) is 7.05 Å². The van der Waals surface area contributed by atoms with Crippen LogP contribution >= 0.6 is 11.6 Å². The number of amides is 1. The number of anilines is 1.